The van der Waals surface area contributed by atoms with Crippen LogP contribution in [0.1, 0.15) is 5.76 Å². The third-order valence-corrected chi connectivity index (χ3v) is 3.00. The topological polar surface area (TPSA) is 103 Å². The monoisotopic (exact) mass is 308 g/mol. The van der Waals surface area contributed by atoms with Gasteiger partial charge in [0, 0.05) is 6.07 Å². The number of hydrogen-bond acceptors (Lipinski definition) is 7. The van der Waals surface area contributed by atoms with E-state index in [0.29, 0.717) is 11.2 Å². The van der Waals surface area contributed by atoms with E-state index < -0.39 is 0 Å². The van der Waals surface area contributed by atoms with Crippen molar-refractivity contribution in [1.82, 2.24) is 19.5 Å². The summed E-state index contributed by atoms with van der Waals surface area (Å²) in [6.07, 6.45) is 3.94. The Labute approximate surface area is 122 Å². The van der Waals surface area contributed by atoms with Crippen LogP contribution in [0.25, 0.3) is 11.2 Å². The van der Waals surface area contributed by atoms with Crippen LogP contribution in [0.4, 0.5) is 0 Å². The molecule has 3 heterocycles. The molecule has 0 radical (unpaired) electrons. The van der Waals surface area contributed by atoms with Gasteiger partial charge in [0.2, 0.25) is 11.2 Å². The Hall–Kier alpha value is -2.45. The second kappa shape index (κ2) is 5.51. The van der Waals surface area contributed by atoms with E-state index in [1.165, 1.54) is 18.7 Å². The van der Waals surface area contributed by atoms with Gasteiger partial charge in [-0.25, -0.2) is 15.0 Å². The lowest BCUT2D eigenvalue weighted by Crippen LogP contribution is -2.11. The Morgan fingerprint density at radius 2 is 2.24 bits per heavy atom. The van der Waals surface area contributed by atoms with Crippen LogP contribution in [0, 0.1) is 0 Å². The van der Waals surface area contributed by atoms with Crippen LogP contribution in [0.5, 0.6) is 5.75 Å². The van der Waals surface area contributed by atoms with Gasteiger partial charge in [-0.15, -0.1) is 0 Å². The van der Waals surface area contributed by atoms with E-state index in [9.17, 15) is 4.79 Å². The highest BCUT2D eigenvalue weighted by Gasteiger charge is 2.10. The Morgan fingerprint density at radius 3 is 3.00 bits per heavy atom. The number of aliphatic hydroxyl groups is 1. The van der Waals surface area contributed by atoms with Crippen LogP contribution in [0.2, 0.25) is 5.15 Å². The van der Waals surface area contributed by atoms with Crippen LogP contribution < -0.4 is 10.2 Å². The number of ether oxygens (including phenoxy) is 1. The maximum Gasteiger partial charge on any atom is 0.227 e. The summed E-state index contributed by atoms with van der Waals surface area (Å²) in [6.45, 7) is -0.343. The zero-order valence-corrected chi connectivity index (χ0v) is 11.3. The molecule has 0 amide bonds. The number of nitrogens with zero attached hydrogens (tertiary/aromatic N) is 4. The van der Waals surface area contributed by atoms with E-state index in [-0.39, 0.29) is 35.4 Å². The van der Waals surface area contributed by atoms with Crippen molar-refractivity contribution < 1.29 is 14.3 Å². The van der Waals surface area contributed by atoms with Crippen LogP contribution in [0.15, 0.2) is 34.2 Å². The summed E-state index contributed by atoms with van der Waals surface area (Å²) in [5.41, 5.74) is 0.555. The first-order valence-electron chi connectivity index (χ1n) is 5.85. The molecule has 0 spiro atoms. The molecule has 0 saturated heterocycles. The van der Waals surface area contributed by atoms with Gasteiger partial charge >= 0.3 is 0 Å². The van der Waals surface area contributed by atoms with Gasteiger partial charge in [0.05, 0.1) is 6.33 Å². The van der Waals surface area contributed by atoms with Crippen LogP contribution in [-0.4, -0.2) is 24.6 Å². The van der Waals surface area contributed by atoms with Crippen molar-refractivity contribution in [3.05, 3.63) is 46.1 Å². The molecule has 0 fully saturated rings. The largest absolute Gasteiger partial charge is 0.465 e. The number of fused-ring (bicyclic) bond motifs is 1. The molecule has 9 heteroatoms. The van der Waals surface area contributed by atoms with Gasteiger partial charge in [-0.05, 0) is 0 Å². The number of imidazole rings is 1. The zero-order chi connectivity index (χ0) is 14.8. The summed E-state index contributed by atoms with van der Waals surface area (Å²) in [7, 11) is 0. The fourth-order valence-electron chi connectivity index (χ4n) is 1.71. The van der Waals surface area contributed by atoms with Crippen LogP contribution in [0.3, 0.4) is 0 Å². The Bertz CT molecular complexity index is 845. The van der Waals surface area contributed by atoms with Crippen molar-refractivity contribution in [1.29, 1.82) is 0 Å². The highest BCUT2D eigenvalue weighted by molar-refractivity contribution is 6.33. The van der Waals surface area contributed by atoms with Gasteiger partial charge in [0.15, 0.2) is 17.5 Å². The van der Waals surface area contributed by atoms with E-state index in [4.69, 9.17) is 25.9 Å². The minimum atomic E-state index is -0.387. The molecular weight excluding hydrogens is 300 g/mol. The summed E-state index contributed by atoms with van der Waals surface area (Å²) in [5.74, 6) is 0.189. The summed E-state index contributed by atoms with van der Waals surface area (Å²) in [4.78, 5) is 23.7. The van der Waals surface area contributed by atoms with Crippen molar-refractivity contribution >= 4 is 22.8 Å². The maximum atomic E-state index is 11.7. The van der Waals surface area contributed by atoms with Crippen molar-refractivity contribution in [2.75, 3.05) is 0 Å². The fourth-order valence-corrected chi connectivity index (χ4v) is 1.89. The first kappa shape index (κ1) is 13.5. The van der Waals surface area contributed by atoms with E-state index in [0.717, 1.165) is 6.26 Å². The first-order valence-corrected chi connectivity index (χ1v) is 6.23. The van der Waals surface area contributed by atoms with Crippen LogP contribution >= 0.6 is 11.6 Å². The lowest BCUT2D eigenvalue weighted by atomic mass is 10.4. The van der Waals surface area contributed by atoms with Gasteiger partial charge in [-0.2, -0.15) is 0 Å². The summed E-state index contributed by atoms with van der Waals surface area (Å²) >= 11 is 5.89. The molecular formula is C12H9ClN4O4. The van der Waals surface area contributed by atoms with Crippen molar-refractivity contribution in [3.63, 3.8) is 0 Å². The molecule has 0 aliphatic rings. The summed E-state index contributed by atoms with van der Waals surface area (Å²) in [5, 5.41) is 9.11. The third kappa shape index (κ3) is 2.58. The molecule has 0 saturated carbocycles. The highest BCUT2D eigenvalue weighted by atomic mass is 35.5. The van der Waals surface area contributed by atoms with E-state index in [1.54, 1.807) is 4.57 Å². The molecule has 0 aromatic carbocycles. The second-order valence-corrected chi connectivity index (χ2v) is 4.42. The molecule has 0 unspecified atom stereocenters. The van der Waals surface area contributed by atoms with Crippen LogP contribution in [-0.2, 0) is 13.3 Å². The Kier molecular flexibility index (Phi) is 3.55. The van der Waals surface area contributed by atoms with E-state index in [1.807, 2.05) is 0 Å². The quantitative estimate of drug-likeness (QED) is 0.716. The molecule has 8 nitrogen and oxygen atoms in total. The maximum absolute atomic E-state index is 11.7. The van der Waals surface area contributed by atoms with Gasteiger partial charge < -0.3 is 14.3 Å². The molecule has 1 N–H and O–H groups in total. The van der Waals surface area contributed by atoms with Crippen molar-refractivity contribution in [3.8, 4) is 5.75 Å². The lowest BCUT2D eigenvalue weighted by Gasteiger charge is -2.06. The standard InChI is InChI=1S/C12H9ClN4O4/c13-11-10-12(15-4-14-11)17(5-16-10)6-21-9-3-20-7(2-18)1-8(9)19/h1,3-5,18H,2,6H2. The number of halogens is 1. The van der Waals surface area contributed by atoms with Gasteiger partial charge in [-0.3, -0.25) is 9.36 Å². The average Bonchev–Trinajstić information content (AvgIpc) is 2.90. The Morgan fingerprint density at radius 1 is 1.38 bits per heavy atom. The normalized spacial score (nSPS) is 11.0. The number of aromatic nitrogens is 4. The molecule has 0 aliphatic heterocycles. The minimum Gasteiger partial charge on any atom is -0.465 e. The third-order valence-electron chi connectivity index (χ3n) is 2.72. The number of aliphatic hydroxyl groups excluding tert-OH is 1. The van der Waals surface area contributed by atoms with Crippen molar-refractivity contribution in [2.45, 2.75) is 13.3 Å². The summed E-state index contributed by atoms with van der Waals surface area (Å²) < 4.78 is 12.0. The van der Waals surface area contributed by atoms with Gasteiger partial charge in [0.1, 0.15) is 30.5 Å². The predicted octanol–water partition coefficient (Wildman–Crippen LogP) is 0.962. The molecule has 0 aliphatic carbocycles. The summed E-state index contributed by atoms with van der Waals surface area (Å²) in [6, 6.07) is 1.17. The van der Waals surface area contributed by atoms with Crippen molar-refractivity contribution in [2.24, 2.45) is 0 Å². The SMILES string of the molecule is O=c1cc(CO)occ1OCn1cnc2c(Cl)ncnc21. The second-order valence-electron chi connectivity index (χ2n) is 4.06. The first-order chi connectivity index (χ1) is 10.2. The average molecular weight is 309 g/mol. The molecule has 3 aromatic rings. The van der Waals surface area contributed by atoms with E-state index in [2.05, 4.69) is 15.0 Å². The molecule has 0 atom stereocenters. The van der Waals surface area contributed by atoms with Gasteiger partial charge in [0.25, 0.3) is 0 Å². The molecule has 0 bridgehead atoms. The lowest BCUT2D eigenvalue weighted by molar-refractivity contribution is 0.217. The minimum absolute atomic E-state index is 0.00702. The molecule has 21 heavy (non-hydrogen) atoms. The molecule has 108 valence electrons. The number of hydrogen-bond donors (Lipinski definition) is 1. The molecule has 3 rings (SSSR count). The smallest absolute Gasteiger partial charge is 0.227 e. The highest BCUT2D eigenvalue weighted by Crippen LogP contribution is 2.17. The van der Waals surface area contributed by atoms with Gasteiger partial charge in [-0.1, -0.05) is 11.6 Å². The zero-order valence-electron chi connectivity index (χ0n) is 10.6. The van der Waals surface area contributed by atoms with E-state index >= 15 is 0 Å². The Balaban J connectivity index is 1.84. The predicted molar refractivity (Wildman–Crippen MR) is 71.9 cm³/mol. The molecule has 3 aromatic heterocycles. The fraction of sp³-hybridized carbons (Fsp3) is 0.167. The number of rotatable bonds is 4.